The Morgan fingerprint density at radius 1 is 1.44 bits per heavy atom. The van der Waals surface area contributed by atoms with Crippen molar-refractivity contribution in [1.29, 1.82) is 0 Å². The quantitative estimate of drug-likeness (QED) is 0.856. The van der Waals surface area contributed by atoms with E-state index in [0.29, 0.717) is 11.4 Å². The maximum atomic E-state index is 11.1. The van der Waals surface area contributed by atoms with Gasteiger partial charge in [-0.2, -0.15) is 0 Å². The molecule has 1 N–H and O–H groups in total. The number of hydrogen-bond acceptors (Lipinski definition) is 3. The Labute approximate surface area is 97.0 Å². The minimum Gasteiger partial charge on any atom is -0.481 e. The van der Waals surface area contributed by atoms with Gasteiger partial charge in [0.15, 0.2) is 0 Å². The van der Waals surface area contributed by atoms with Crippen molar-refractivity contribution < 1.29 is 9.53 Å². The molecule has 0 bridgehead atoms. The number of pyridine rings is 1. The van der Waals surface area contributed by atoms with E-state index in [2.05, 4.69) is 24.1 Å². The van der Waals surface area contributed by atoms with Gasteiger partial charge in [-0.1, -0.05) is 26.7 Å². The Hall–Kier alpha value is -1.58. The van der Waals surface area contributed by atoms with Gasteiger partial charge < -0.3 is 10.1 Å². The van der Waals surface area contributed by atoms with Crippen molar-refractivity contribution in [3.05, 3.63) is 23.9 Å². The van der Waals surface area contributed by atoms with Gasteiger partial charge >= 0.3 is 0 Å². The second-order valence-electron chi connectivity index (χ2n) is 3.17. The van der Waals surface area contributed by atoms with Crippen LogP contribution in [0.5, 0.6) is 5.88 Å². The molecule has 4 nitrogen and oxygen atoms in total. The first-order chi connectivity index (χ1) is 7.69. The number of unbranched alkanes of at least 4 members (excludes halogenated alkanes) is 1. The second-order valence-corrected chi connectivity index (χ2v) is 3.17. The van der Waals surface area contributed by atoms with Gasteiger partial charge in [-0.15, -0.1) is 0 Å². The first kappa shape index (κ1) is 14.4. The summed E-state index contributed by atoms with van der Waals surface area (Å²) in [7, 11) is 3.09. The largest absolute Gasteiger partial charge is 0.481 e. The molecule has 0 atom stereocenters. The lowest BCUT2D eigenvalue weighted by molar-refractivity contribution is 0.0962. The van der Waals surface area contributed by atoms with Crippen LogP contribution in [0.15, 0.2) is 18.3 Å². The number of methoxy groups -OCH3 is 1. The van der Waals surface area contributed by atoms with Crippen LogP contribution < -0.4 is 10.1 Å². The molecule has 0 saturated carbocycles. The number of aromatic nitrogens is 1. The molecule has 16 heavy (non-hydrogen) atoms. The number of amides is 1. The van der Waals surface area contributed by atoms with Crippen molar-refractivity contribution in [2.75, 3.05) is 14.2 Å². The predicted octanol–water partition coefficient (Wildman–Crippen LogP) is 2.26. The molecule has 0 aliphatic heterocycles. The second kappa shape index (κ2) is 8.71. The van der Waals surface area contributed by atoms with E-state index in [0.717, 1.165) is 0 Å². The lowest BCUT2D eigenvalue weighted by atomic mass is 10.2. The maximum Gasteiger partial charge on any atom is 0.251 e. The lowest BCUT2D eigenvalue weighted by Gasteiger charge is -2.01. The maximum absolute atomic E-state index is 11.1. The molecule has 0 aliphatic rings. The molecule has 1 amide bonds. The van der Waals surface area contributed by atoms with E-state index in [1.807, 2.05) is 0 Å². The normalized spacial score (nSPS) is 8.75. The average molecular weight is 224 g/mol. The molecule has 0 fully saturated rings. The van der Waals surface area contributed by atoms with Gasteiger partial charge in [0, 0.05) is 24.9 Å². The van der Waals surface area contributed by atoms with Crippen molar-refractivity contribution in [2.45, 2.75) is 26.7 Å². The van der Waals surface area contributed by atoms with Crippen LogP contribution in [0.4, 0.5) is 0 Å². The van der Waals surface area contributed by atoms with Crippen molar-refractivity contribution in [1.82, 2.24) is 10.3 Å². The third-order valence-corrected chi connectivity index (χ3v) is 1.93. The zero-order valence-electron chi connectivity index (χ0n) is 10.4. The standard InChI is InChI=1S/C8H10N2O2.C4H10/c1-9-8(11)6-3-4-10-7(5-6)12-2;1-3-4-2/h3-5H,1-2H3,(H,9,11);3-4H2,1-2H3. The molecule has 4 heteroatoms. The molecule has 1 aromatic heterocycles. The summed E-state index contributed by atoms with van der Waals surface area (Å²) in [6, 6.07) is 3.21. The van der Waals surface area contributed by atoms with E-state index in [-0.39, 0.29) is 5.91 Å². The van der Waals surface area contributed by atoms with Crippen LogP contribution in [-0.4, -0.2) is 25.0 Å². The fourth-order valence-corrected chi connectivity index (χ4v) is 0.807. The smallest absolute Gasteiger partial charge is 0.251 e. The minimum absolute atomic E-state index is 0.143. The number of nitrogens with zero attached hydrogens (tertiary/aromatic N) is 1. The summed E-state index contributed by atoms with van der Waals surface area (Å²) in [5, 5.41) is 2.51. The molecule has 1 heterocycles. The van der Waals surface area contributed by atoms with Crippen molar-refractivity contribution in [2.24, 2.45) is 0 Å². The molecular formula is C12H20N2O2. The van der Waals surface area contributed by atoms with Crippen molar-refractivity contribution in [3.8, 4) is 5.88 Å². The molecule has 0 unspecified atom stereocenters. The Morgan fingerprint density at radius 3 is 2.50 bits per heavy atom. The molecule has 0 aromatic carbocycles. The Morgan fingerprint density at radius 2 is 2.06 bits per heavy atom. The highest BCUT2D eigenvalue weighted by molar-refractivity contribution is 5.94. The Bertz CT molecular complexity index is 312. The van der Waals surface area contributed by atoms with E-state index < -0.39 is 0 Å². The van der Waals surface area contributed by atoms with Gasteiger partial charge in [0.25, 0.3) is 5.91 Å². The van der Waals surface area contributed by atoms with Crippen LogP contribution in [0.1, 0.15) is 37.0 Å². The van der Waals surface area contributed by atoms with Gasteiger partial charge in [0.05, 0.1) is 7.11 Å². The summed E-state index contributed by atoms with van der Waals surface area (Å²) < 4.78 is 4.86. The summed E-state index contributed by atoms with van der Waals surface area (Å²) >= 11 is 0. The average Bonchev–Trinajstić information content (AvgIpc) is 2.38. The van der Waals surface area contributed by atoms with Crippen molar-refractivity contribution >= 4 is 5.91 Å². The molecule has 0 radical (unpaired) electrons. The first-order valence-electron chi connectivity index (χ1n) is 5.41. The van der Waals surface area contributed by atoms with E-state index in [1.54, 1.807) is 19.2 Å². The van der Waals surface area contributed by atoms with Crippen LogP contribution in [0, 0.1) is 0 Å². The van der Waals surface area contributed by atoms with Gasteiger partial charge in [-0.05, 0) is 6.07 Å². The zero-order chi connectivity index (χ0) is 12.4. The molecular weight excluding hydrogens is 204 g/mol. The zero-order valence-corrected chi connectivity index (χ0v) is 10.4. The summed E-state index contributed by atoms with van der Waals surface area (Å²) in [5.74, 6) is 0.298. The van der Waals surface area contributed by atoms with Gasteiger partial charge in [-0.3, -0.25) is 4.79 Å². The highest BCUT2D eigenvalue weighted by Crippen LogP contribution is 2.07. The predicted molar refractivity (Wildman–Crippen MR) is 64.8 cm³/mol. The SMILES string of the molecule is CCCC.CNC(=O)c1ccnc(OC)c1. The number of nitrogens with one attached hydrogen (secondary N) is 1. The fourth-order valence-electron chi connectivity index (χ4n) is 0.807. The summed E-state index contributed by atoms with van der Waals surface area (Å²) in [6.07, 6.45) is 4.17. The highest BCUT2D eigenvalue weighted by atomic mass is 16.5. The van der Waals surface area contributed by atoms with E-state index in [9.17, 15) is 4.79 Å². The topological polar surface area (TPSA) is 51.2 Å². The summed E-state index contributed by atoms with van der Waals surface area (Å²) in [4.78, 5) is 15.0. The van der Waals surface area contributed by atoms with Crippen molar-refractivity contribution in [3.63, 3.8) is 0 Å². The molecule has 0 saturated heterocycles. The minimum atomic E-state index is -0.143. The number of ether oxygens (including phenoxy) is 1. The number of rotatable bonds is 3. The number of hydrogen-bond donors (Lipinski definition) is 1. The van der Waals surface area contributed by atoms with Gasteiger partial charge in [-0.25, -0.2) is 4.98 Å². The van der Waals surface area contributed by atoms with E-state index in [4.69, 9.17) is 4.74 Å². The first-order valence-corrected chi connectivity index (χ1v) is 5.41. The van der Waals surface area contributed by atoms with Gasteiger partial charge in [0.1, 0.15) is 0 Å². The lowest BCUT2D eigenvalue weighted by Crippen LogP contribution is -2.17. The Balaban J connectivity index is 0.000000487. The molecule has 90 valence electrons. The van der Waals surface area contributed by atoms with Crippen LogP contribution >= 0.6 is 0 Å². The number of carbonyl (C=O) groups is 1. The Kier molecular flexibility index (Phi) is 7.85. The van der Waals surface area contributed by atoms with Crippen LogP contribution in [0.2, 0.25) is 0 Å². The van der Waals surface area contributed by atoms with Gasteiger partial charge in [0.2, 0.25) is 5.88 Å². The third-order valence-electron chi connectivity index (χ3n) is 1.93. The monoisotopic (exact) mass is 224 g/mol. The molecule has 1 aromatic rings. The number of carbonyl (C=O) groups excluding carboxylic acids is 1. The van der Waals surface area contributed by atoms with Crippen LogP contribution in [-0.2, 0) is 0 Å². The molecule has 0 spiro atoms. The third kappa shape index (κ3) is 5.34. The summed E-state index contributed by atoms with van der Waals surface area (Å²) in [6.45, 7) is 4.36. The van der Waals surface area contributed by atoms with E-state index in [1.165, 1.54) is 26.1 Å². The van der Waals surface area contributed by atoms with Crippen LogP contribution in [0.3, 0.4) is 0 Å². The van der Waals surface area contributed by atoms with E-state index >= 15 is 0 Å². The molecule has 1 rings (SSSR count). The summed E-state index contributed by atoms with van der Waals surface area (Å²) in [5.41, 5.74) is 0.546. The highest BCUT2D eigenvalue weighted by Gasteiger charge is 2.03. The van der Waals surface area contributed by atoms with Crippen LogP contribution in [0.25, 0.3) is 0 Å². The fraction of sp³-hybridized carbons (Fsp3) is 0.500. The molecule has 0 aliphatic carbocycles.